The van der Waals surface area contributed by atoms with Crippen molar-refractivity contribution in [2.24, 2.45) is 0 Å². The van der Waals surface area contributed by atoms with Gasteiger partial charge in [0.2, 0.25) is 9.84 Å². The van der Waals surface area contributed by atoms with Gasteiger partial charge in [-0.05, 0) is 67.3 Å². The molecule has 0 radical (unpaired) electrons. The maximum atomic E-state index is 13.2. The number of piperidine rings is 1. The SMILES string of the molecule is O=C(NCc1ccc(S(=O)(=O)c2cccc(N3CCCCC3)c2)cc1)c1ccc2nccn2c1. The second-order valence-corrected chi connectivity index (χ2v) is 10.4. The number of benzene rings is 2. The molecule has 0 saturated carbocycles. The molecule has 1 aliphatic rings. The lowest BCUT2D eigenvalue weighted by molar-refractivity contribution is 0.0950. The van der Waals surface area contributed by atoms with Crippen molar-refractivity contribution in [3.05, 3.63) is 90.4 Å². The van der Waals surface area contributed by atoms with Gasteiger partial charge in [0.05, 0.1) is 15.4 Å². The van der Waals surface area contributed by atoms with Crippen molar-refractivity contribution in [2.45, 2.75) is 35.6 Å². The van der Waals surface area contributed by atoms with E-state index in [-0.39, 0.29) is 10.8 Å². The van der Waals surface area contributed by atoms with E-state index in [2.05, 4.69) is 15.2 Å². The van der Waals surface area contributed by atoms with E-state index >= 15 is 0 Å². The van der Waals surface area contributed by atoms with E-state index in [0.29, 0.717) is 17.0 Å². The van der Waals surface area contributed by atoms with E-state index in [1.54, 1.807) is 71.5 Å². The zero-order valence-electron chi connectivity index (χ0n) is 18.7. The Morgan fingerprint density at radius 2 is 1.74 bits per heavy atom. The number of imidazole rings is 1. The normalized spacial score (nSPS) is 14.3. The van der Waals surface area contributed by atoms with Crippen LogP contribution in [0.2, 0.25) is 0 Å². The number of carbonyl (C=O) groups is 1. The second kappa shape index (κ2) is 9.30. The van der Waals surface area contributed by atoms with Gasteiger partial charge in [-0.25, -0.2) is 13.4 Å². The molecule has 1 amide bonds. The summed E-state index contributed by atoms with van der Waals surface area (Å²) in [5.41, 5.74) is 3.07. The number of aromatic nitrogens is 2. The molecule has 5 rings (SSSR count). The Balaban J connectivity index is 1.27. The first-order valence-electron chi connectivity index (χ1n) is 11.4. The number of amides is 1. The largest absolute Gasteiger partial charge is 0.372 e. The van der Waals surface area contributed by atoms with Gasteiger partial charge in [0, 0.05) is 43.9 Å². The molecule has 2 aromatic heterocycles. The Hall–Kier alpha value is -3.65. The van der Waals surface area contributed by atoms with Crippen molar-refractivity contribution in [1.82, 2.24) is 14.7 Å². The van der Waals surface area contributed by atoms with Gasteiger partial charge in [-0.2, -0.15) is 0 Å². The third-order valence-corrected chi connectivity index (χ3v) is 7.95. The van der Waals surface area contributed by atoms with Crippen LogP contribution in [0.4, 0.5) is 5.69 Å². The molecule has 1 saturated heterocycles. The van der Waals surface area contributed by atoms with Gasteiger partial charge in [0.25, 0.3) is 5.91 Å². The Labute approximate surface area is 199 Å². The molecule has 0 bridgehead atoms. The number of pyridine rings is 1. The molecule has 0 unspecified atom stereocenters. The van der Waals surface area contributed by atoms with E-state index < -0.39 is 9.84 Å². The van der Waals surface area contributed by atoms with E-state index in [0.717, 1.165) is 42.8 Å². The molecule has 2 aromatic carbocycles. The number of carbonyl (C=O) groups excluding carboxylic acids is 1. The summed E-state index contributed by atoms with van der Waals surface area (Å²) in [6.45, 7) is 2.21. The summed E-state index contributed by atoms with van der Waals surface area (Å²) < 4.78 is 28.2. The molecule has 4 aromatic rings. The average Bonchev–Trinajstić information content (AvgIpc) is 3.36. The highest BCUT2D eigenvalue weighted by atomic mass is 32.2. The van der Waals surface area contributed by atoms with Crippen molar-refractivity contribution in [1.29, 1.82) is 0 Å². The van der Waals surface area contributed by atoms with Gasteiger partial charge in [0.1, 0.15) is 5.65 Å². The molecule has 1 fully saturated rings. The Bertz CT molecular complexity index is 1420. The first kappa shape index (κ1) is 22.2. The predicted octanol–water partition coefficient (Wildman–Crippen LogP) is 4.09. The van der Waals surface area contributed by atoms with Crippen LogP contribution in [0.1, 0.15) is 35.2 Å². The summed E-state index contributed by atoms with van der Waals surface area (Å²) in [7, 11) is -3.63. The van der Waals surface area contributed by atoms with Gasteiger partial charge in [-0.1, -0.05) is 18.2 Å². The molecular weight excluding hydrogens is 448 g/mol. The number of sulfone groups is 1. The lowest BCUT2D eigenvalue weighted by Gasteiger charge is -2.29. The van der Waals surface area contributed by atoms with E-state index in [4.69, 9.17) is 0 Å². The van der Waals surface area contributed by atoms with Gasteiger partial charge < -0.3 is 14.6 Å². The number of fused-ring (bicyclic) bond motifs is 1. The minimum absolute atomic E-state index is 0.207. The summed E-state index contributed by atoms with van der Waals surface area (Å²) in [6, 6.07) is 17.4. The minimum Gasteiger partial charge on any atom is -0.372 e. The number of rotatable bonds is 6. The van der Waals surface area contributed by atoms with Crippen LogP contribution in [0, 0.1) is 0 Å². The zero-order valence-corrected chi connectivity index (χ0v) is 19.5. The van der Waals surface area contributed by atoms with E-state index in [1.807, 2.05) is 12.1 Å². The number of anilines is 1. The molecule has 1 aliphatic heterocycles. The summed E-state index contributed by atoms with van der Waals surface area (Å²) in [6.07, 6.45) is 8.68. The predicted molar refractivity (Wildman–Crippen MR) is 131 cm³/mol. The average molecular weight is 475 g/mol. The van der Waals surface area contributed by atoms with Crippen LogP contribution in [-0.2, 0) is 16.4 Å². The third-order valence-electron chi connectivity index (χ3n) is 6.19. The topological polar surface area (TPSA) is 83.8 Å². The van der Waals surface area contributed by atoms with Crippen LogP contribution in [0.25, 0.3) is 5.65 Å². The van der Waals surface area contributed by atoms with E-state index in [1.165, 1.54) is 6.42 Å². The van der Waals surface area contributed by atoms with Crippen molar-refractivity contribution in [3.8, 4) is 0 Å². The molecule has 7 nitrogen and oxygen atoms in total. The first-order valence-corrected chi connectivity index (χ1v) is 12.9. The molecule has 0 aliphatic carbocycles. The highest BCUT2D eigenvalue weighted by molar-refractivity contribution is 7.91. The number of nitrogens with zero attached hydrogens (tertiary/aromatic N) is 3. The number of hydrogen-bond donors (Lipinski definition) is 1. The molecule has 1 N–H and O–H groups in total. The minimum atomic E-state index is -3.63. The maximum absolute atomic E-state index is 13.2. The standard InChI is InChI=1S/C26H26N4O3S/c31-26(21-9-12-25-27-13-16-30(25)19-21)28-18-20-7-10-23(11-8-20)34(32,33)24-6-4-5-22(17-24)29-14-2-1-3-15-29/h4-13,16-17,19H,1-3,14-15,18H2,(H,28,31). The molecule has 34 heavy (non-hydrogen) atoms. The van der Waals surface area contributed by atoms with Gasteiger partial charge >= 0.3 is 0 Å². The summed E-state index contributed by atoms with van der Waals surface area (Å²) in [5.74, 6) is -0.207. The Morgan fingerprint density at radius 1 is 0.941 bits per heavy atom. The summed E-state index contributed by atoms with van der Waals surface area (Å²) >= 11 is 0. The lowest BCUT2D eigenvalue weighted by atomic mass is 10.1. The lowest BCUT2D eigenvalue weighted by Crippen LogP contribution is -2.29. The Morgan fingerprint density at radius 3 is 2.53 bits per heavy atom. The van der Waals surface area contributed by atoms with Gasteiger partial charge in [-0.3, -0.25) is 4.79 Å². The highest BCUT2D eigenvalue weighted by Crippen LogP contribution is 2.27. The maximum Gasteiger partial charge on any atom is 0.253 e. The first-order chi connectivity index (χ1) is 16.5. The third kappa shape index (κ3) is 4.54. The van der Waals surface area contributed by atoms with Crippen LogP contribution in [-0.4, -0.2) is 36.8 Å². The van der Waals surface area contributed by atoms with Crippen molar-refractivity contribution >= 4 is 27.1 Å². The number of hydrogen-bond acceptors (Lipinski definition) is 5. The van der Waals surface area contributed by atoms with Crippen molar-refractivity contribution in [3.63, 3.8) is 0 Å². The fourth-order valence-electron chi connectivity index (χ4n) is 4.26. The van der Waals surface area contributed by atoms with Crippen LogP contribution in [0.5, 0.6) is 0 Å². The monoisotopic (exact) mass is 474 g/mol. The smallest absolute Gasteiger partial charge is 0.253 e. The van der Waals surface area contributed by atoms with E-state index in [9.17, 15) is 13.2 Å². The van der Waals surface area contributed by atoms with Crippen molar-refractivity contribution < 1.29 is 13.2 Å². The second-order valence-electron chi connectivity index (χ2n) is 8.49. The zero-order chi connectivity index (χ0) is 23.5. The number of nitrogens with one attached hydrogen (secondary N) is 1. The molecule has 8 heteroatoms. The molecule has 3 heterocycles. The van der Waals surface area contributed by atoms with Crippen LogP contribution < -0.4 is 10.2 Å². The highest BCUT2D eigenvalue weighted by Gasteiger charge is 2.20. The fraction of sp³-hybridized carbons (Fsp3) is 0.231. The van der Waals surface area contributed by atoms with Crippen LogP contribution >= 0.6 is 0 Å². The molecular formula is C26H26N4O3S. The molecule has 0 spiro atoms. The summed E-state index contributed by atoms with van der Waals surface area (Å²) in [5, 5.41) is 2.88. The van der Waals surface area contributed by atoms with Gasteiger partial charge in [-0.15, -0.1) is 0 Å². The summed E-state index contributed by atoms with van der Waals surface area (Å²) in [4.78, 5) is 19.5. The quantitative estimate of drug-likeness (QED) is 0.455. The van der Waals surface area contributed by atoms with Crippen molar-refractivity contribution in [2.75, 3.05) is 18.0 Å². The fourth-order valence-corrected chi connectivity index (χ4v) is 5.56. The van der Waals surface area contributed by atoms with Crippen LogP contribution in [0.15, 0.2) is 89.0 Å². The molecule has 0 atom stereocenters. The molecule has 174 valence electrons. The van der Waals surface area contributed by atoms with Crippen LogP contribution in [0.3, 0.4) is 0 Å². The Kier molecular flexibility index (Phi) is 6.06. The van der Waals surface area contributed by atoms with Gasteiger partial charge in [0.15, 0.2) is 0 Å².